The van der Waals surface area contributed by atoms with Gasteiger partial charge in [0.1, 0.15) is 5.75 Å². The van der Waals surface area contributed by atoms with Gasteiger partial charge >= 0.3 is 12.6 Å². The summed E-state index contributed by atoms with van der Waals surface area (Å²) in [7, 11) is 0. The fourth-order valence-corrected chi connectivity index (χ4v) is 1.97. The van der Waals surface area contributed by atoms with Gasteiger partial charge in [0.2, 0.25) is 5.91 Å². The predicted molar refractivity (Wildman–Crippen MR) is 81.1 cm³/mol. The summed E-state index contributed by atoms with van der Waals surface area (Å²) in [6.45, 7) is 0.139. The lowest BCUT2D eigenvalue weighted by molar-refractivity contribution is -0.139. The standard InChI is InChI=1S/C14H17ClF2N2O4/c1-8(2)19(7-13(21)22)6-12(20)18-9-3-4-11(10(15)5-9)23-14(16)17/h3-5,8,14H,6-7H2,1-2H3,(H,18,20)(H,21,22). The van der Waals surface area contributed by atoms with Gasteiger partial charge in [-0.3, -0.25) is 14.5 Å². The van der Waals surface area contributed by atoms with E-state index >= 15 is 0 Å². The molecular formula is C14H17ClF2N2O4. The molecule has 0 aromatic heterocycles. The van der Waals surface area contributed by atoms with E-state index in [9.17, 15) is 18.4 Å². The molecule has 1 rings (SSSR count). The third-order valence-electron chi connectivity index (χ3n) is 2.85. The lowest BCUT2D eigenvalue weighted by atomic mass is 10.2. The van der Waals surface area contributed by atoms with Gasteiger partial charge in [-0.1, -0.05) is 11.6 Å². The Kier molecular flexibility index (Phi) is 7.18. The molecule has 1 aromatic rings. The average molecular weight is 351 g/mol. The molecule has 0 bridgehead atoms. The topological polar surface area (TPSA) is 78.9 Å². The quantitative estimate of drug-likeness (QED) is 0.753. The van der Waals surface area contributed by atoms with Gasteiger partial charge in [0.15, 0.2) is 0 Å². The van der Waals surface area contributed by atoms with Crippen molar-refractivity contribution in [1.82, 2.24) is 4.90 Å². The van der Waals surface area contributed by atoms with Gasteiger partial charge in [0.25, 0.3) is 0 Å². The SMILES string of the molecule is CC(C)N(CC(=O)O)CC(=O)Nc1ccc(OC(F)F)c(Cl)c1. The van der Waals surface area contributed by atoms with E-state index in [0.717, 1.165) is 0 Å². The Morgan fingerprint density at radius 2 is 2.00 bits per heavy atom. The fraction of sp³-hybridized carbons (Fsp3) is 0.429. The normalized spacial score (nSPS) is 11.1. The summed E-state index contributed by atoms with van der Waals surface area (Å²) in [5, 5.41) is 11.3. The van der Waals surface area contributed by atoms with Crippen LogP contribution in [0.2, 0.25) is 5.02 Å². The molecule has 0 saturated carbocycles. The van der Waals surface area contributed by atoms with E-state index in [0.29, 0.717) is 5.69 Å². The van der Waals surface area contributed by atoms with Crippen molar-refractivity contribution in [2.24, 2.45) is 0 Å². The third-order valence-corrected chi connectivity index (χ3v) is 3.14. The van der Waals surface area contributed by atoms with Crippen molar-refractivity contribution < 1.29 is 28.2 Å². The Balaban J connectivity index is 2.69. The fourth-order valence-electron chi connectivity index (χ4n) is 1.75. The van der Waals surface area contributed by atoms with E-state index in [1.165, 1.54) is 23.1 Å². The van der Waals surface area contributed by atoms with Crippen molar-refractivity contribution >= 4 is 29.2 Å². The first kappa shape index (κ1) is 19.1. The van der Waals surface area contributed by atoms with Crippen LogP contribution in [-0.4, -0.2) is 47.6 Å². The number of carboxylic acids is 1. The van der Waals surface area contributed by atoms with Crippen LogP contribution in [0.5, 0.6) is 5.75 Å². The number of carbonyl (C=O) groups excluding carboxylic acids is 1. The summed E-state index contributed by atoms with van der Waals surface area (Å²) >= 11 is 5.78. The van der Waals surface area contributed by atoms with Gasteiger partial charge in [-0.05, 0) is 32.0 Å². The average Bonchev–Trinajstić information content (AvgIpc) is 2.40. The molecule has 128 valence electrons. The number of amides is 1. The Bertz CT molecular complexity index is 570. The van der Waals surface area contributed by atoms with Gasteiger partial charge in [-0.2, -0.15) is 8.78 Å². The predicted octanol–water partition coefficient (Wildman–Crippen LogP) is 2.67. The van der Waals surface area contributed by atoms with Gasteiger partial charge < -0.3 is 15.2 Å². The second-order valence-corrected chi connectivity index (χ2v) is 5.37. The summed E-state index contributed by atoms with van der Waals surface area (Å²) in [6, 6.07) is 3.70. The second kappa shape index (κ2) is 8.64. The highest BCUT2D eigenvalue weighted by Gasteiger charge is 2.17. The van der Waals surface area contributed by atoms with Crippen LogP contribution in [0.4, 0.5) is 14.5 Å². The molecule has 0 unspecified atom stereocenters. The van der Waals surface area contributed by atoms with Crippen molar-refractivity contribution in [3.05, 3.63) is 23.2 Å². The number of aliphatic carboxylic acids is 1. The highest BCUT2D eigenvalue weighted by molar-refractivity contribution is 6.32. The van der Waals surface area contributed by atoms with Crippen molar-refractivity contribution in [2.45, 2.75) is 26.5 Å². The maximum atomic E-state index is 12.1. The molecule has 6 nitrogen and oxygen atoms in total. The van der Waals surface area contributed by atoms with Crippen molar-refractivity contribution in [1.29, 1.82) is 0 Å². The molecule has 0 atom stereocenters. The molecule has 1 amide bonds. The maximum Gasteiger partial charge on any atom is 0.387 e. The molecule has 2 N–H and O–H groups in total. The minimum atomic E-state index is -3.00. The minimum Gasteiger partial charge on any atom is -0.480 e. The lowest BCUT2D eigenvalue weighted by Crippen LogP contribution is -2.41. The molecule has 0 aliphatic heterocycles. The van der Waals surface area contributed by atoms with Gasteiger partial charge in [-0.25, -0.2) is 0 Å². The number of ether oxygens (including phenoxy) is 1. The zero-order chi connectivity index (χ0) is 17.6. The number of hydrogen-bond donors (Lipinski definition) is 2. The number of hydrogen-bond acceptors (Lipinski definition) is 4. The zero-order valence-corrected chi connectivity index (χ0v) is 13.3. The molecule has 0 radical (unpaired) electrons. The lowest BCUT2D eigenvalue weighted by Gasteiger charge is -2.23. The van der Waals surface area contributed by atoms with E-state index in [1.54, 1.807) is 13.8 Å². The van der Waals surface area contributed by atoms with Crippen LogP contribution in [0.15, 0.2) is 18.2 Å². The second-order valence-electron chi connectivity index (χ2n) is 4.96. The smallest absolute Gasteiger partial charge is 0.387 e. The first-order valence-electron chi connectivity index (χ1n) is 6.69. The third kappa shape index (κ3) is 6.79. The number of alkyl halides is 2. The van der Waals surface area contributed by atoms with E-state index in [1.807, 2.05) is 0 Å². The number of nitrogens with one attached hydrogen (secondary N) is 1. The van der Waals surface area contributed by atoms with Gasteiger partial charge in [0.05, 0.1) is 18.1 Å². The van der Waals surface area contributed by atoms with Crippen LogP contribution >= 0.6 is 11.6 Å². The van der Waals surface area contributed by atoms with E-state index in [2.05, 4.69) is 10.1 Å². The minimum absolute atomic E-state index is 0.0747. The number of nitrogens with zero attached hydrogens (tertiary/aromatic N) is 1. The maximum absolute atomic E-state index is 12.1. The van der Waals surface area contributed by atoms with Gasteiger partial charge in [0, 0.05) is 11.7 Å². The Morgan fingerprint density at radius 1 is 1.35 bits per heavy atom. The van der Waals surface area contributed by atoms with Crippen LogP contribution < -0.4 is 10.1 Å². The number of rotatable bonds is 8. The van der Waals surface area contributed by atoms with E-state index in [4.69, 9.17) is 16.7 Å². The molecule has 0 aliphatic carbocycles. The number of carbonyl (C=O) groups is 2. The molecule has 1 aromatic carbocycles. The van der Waals surface area contributed by atoms with Crippen LogP contribution in [0, 0.1) is 0 Å². The van der Waals surface area contributed by atoms with Crippen LogP contribution in [0.25, 0.3) is 0 Å². The summed E-state index contributed by atoms with van der Waals surface area (Å²) in [5.74, 6) is -1.68. The van der Waals surface area contributed by atoms with Crippen molar-refractivity contribution in [3.63, 3.8) is 0 Å². The summed E-state index contributed by atoms with van der Waals surface area (Å²) in [6.07, 6.45) is 0. The first-order valence-corrected chi connectivity index (χ1v) is 7.07. The molecule has 0 saturated heterocycles. The van der Waals surface area contributed by atoms with Crippen LogP contribution in [0.3, 0.4) is 0 Å². The van der Waals surface area contributed by atoms with E-state index in [-0.39, 0.29) is 29.9 Å². The Hall–Kier alpha value is -1.93. The van der Waals surface area contributed by atoms with Crippen LogP contribution in [-0.2, 0) is 9.59 Å². The molecule has 9 heteroatoms. The Morgan fingerprint density at radius 3 is 2.48 bits per heavy atom. The number of carboxylic acid groups (broad SMARTS) is 1. The molecule has 23 heavy (non-hydrogen) atoms. The molecule has 0 heterocycles. The Labute approximate surface area is 137 Å². The number of halogens is 3. The molecule has 0 aliphatic rings. The van der Waals surface area contributed by atoms with Gasteiger partial charge in [-0.15, -0.1) is 0 Å². The zero-order valence-electron chi connectivity index (χ0n) is 12.6. The summed E-state index contributed by atoms with van der Waals surface area (Å²) < 4.78 is 28.5. The number of benzene rings is 1. The highest BCUT2D eigenvalue weighted by atomic mass is 35.5. The van der Waals surface area contributed by atoms with Crippen molar-refractivity contribution in [2.75, 3.05) is 18.4 Å². The monoisotopic (exact) mass is 350 g/mol. The van der Waals surface area contributed by atoms with E-state index < -0.39 is 18.5 Å². The van der Waals surface area contributed by atoms with Crippen LogP contribution in [0.1, 0.15) is 13.8 Å². The summed E-state index contributed by atoms with van der Waals surface area (Å²) in [5.41, 5.74) is 0.292. The molecule has 0 fully saturated rings. The number of anilines is 1. The molecule has 0 spiro atoms. The summed E-state index contributed by atoms with van der Waals surface area (Å²) in [4.78, 5) is 24.2. The molecular weight excluding hydrogens is 334 g/mol. The first-order chi connectivity index (χ1) is 10.7. The van der Waals surface area contributed by atoms with Crippen molar-refractivity contribution in [3.8, 4) is 5.75 Å². The largest absolute Gasteiger partial charge is 0.480 e. The highest BCUT2D eigenvalue weighted by Crippen LogP contribution is 2.28.